The van der Waals surface area contributed by atoms with Crippen LogP contribution in [0.15, 0.2) is 77.4 Å². The van der Waals surface area contributed by atoms with Gasteiger partial charge >= 0.3 is 0 Å². The molecule has 1 aromatic heterocycles. The normalized spacial score (nSPS) is 11.6. The Balaban J connectivity index is 1.43. The van der Waals surface area contributed by atoms with E-state index in [9.17, 15) is 4.79 Å². The molecule has 0 aliphatic heterocycles. The summed E-state index contributed by atoms with van der Waals surface area (Å²) in [5.41, 5.74) is 0. The smallest absolute Gasteiger partial charge is 0.258 e. The molecule has 3 rings (SSSR count). The fourth-order valence-electron chi connectivity index (χ4n) is 2.48. The zero-order valence-electron chi connectivity index (χ0n) is 14.6. The molecular weight excluding hydrogens is 330 g/mol. The van der Waals surface area contributed by atoms with Crippen LogP contribution in [0.25, 0.3) is 0 Å². The first-order valence-electron chi connectivity index (χ1n) is 8.46. The summed E-state index contributed by atoms with van der Waals surface area (Å²) in [5, 5.41) is 2.88. The van der Waals surface area contributed by atoms with Crippen LogP contribution in [0.4, 0.5) is 0 Å². The van der Waals surface area contributed by atoms with Gasteiger partial charge in [0.25, 0.3) is 5.91 Å². The van der Waals surface area contributed by atoms with Crippen molar-refractivity contribution < 1.29 is 18.7 Å². The minimum absolute atomic E-state index is 0.0288. The Morgan fingerprint density at radius 3 is 2.35 bits per heavy atom. The van der Waals surface area contributed by atoms with Gasteiger partial charge in [-0.2, -0.15) is 0 Å². The third-order valence-corrected chi connectivity index (χ3v) is 3.67. The van der Waals surface area contributed by atoms with E-state index >= 15 is 0 Å². The molecule has 134 valence electrons. The van der Waals surface area contributed by atoms with Gasteiger partial charge in [0.1, 0.15) is 23.0 Å². The summed E-state index contributed by atoms with van der Waals surface area (Å²) in [6, 6.07) is 20.4. The second kappa shape index (κ2) is 8.76. The quantitative estimate of drug-likeness (QED) is 0.661. The number of hydrogen-bond acceptors (Lipinski definition) is 4. The third-order valence-electron chi connectivity index (χ3n) is 3.67. The Morgan fingerprint density at radius 2 is 1.65 bits per heavy atom. The molecule has 1 amide bonds. The lowest BCUT2D eigenvalue weighted by Crippen LogP contribution is -2.37. The first-order valence-corrected chi connectivity index (χ1v) is 8.46. The van der Waals surface area contributed by atoms with Gasteiger partial charge in [0, 0.05) is 12.5 Å². The van der Waals surface area contributed by atoms with Gasteiger partial charge in [0.15, 0.2) is 6.61 Å². The van der Waals surface area contributed by atoms with Crippen molar-refractivity contribution in [3.05, 3.63) is 78.8 Å². The van der Waals surface area contributed by atoms with Gasteiger partial charge in [-0.1, -0.05) is 18.2 Å². The molecule has 1 atom stereocenters. The molecule has 0 saturated carbocycles. The van der Waals surface area contributed by atoms with E-state index < -0.39 is 0 Å². The monoisotopic (exact) mass is 351 g/mol. The van der Waals surface area contributed by atoms with Gasteiger partial charge in [0.2, 0.25) is 0 Å². The van der Waals surface area contributed by atoms with Crippen LogP contribution in [0.2, 0.25) is 0 Å². The molecule has 26 heavy (non-hydrogen) atoms. The number of carbonyl (C=O) groups is 1. The Labute approximate surface area is 152 Å². The lowest BCUT2D eigenvalue weighted by atomic mass is 10.2. The maximum absolute atomic E-state index is 12.0. The molecule has 0 saturated heterocycles. The number of furan rings is 1. The molecule has 0 aliphatic rings. The van der Waals surface area contributed by atoms with Crippen molar-refractivity contribution in [3.8, 4) is 17.2 Å². The average Bonchev–Trinajstić information content (AvgIpc) is 3.15. The second-order valence-electron chi connectivity index (χ2n) is 5.93. The molecule has 0 fully saturated rings. The Kier molecular flexibility index (Phi) is 5.93. The number of ether oxygens (including phenoxy) is 2. The van der Waals surface area contributed by atoms with Crippen molar-refractivity contribution in [2.24, 2.45) is 0 Å². The number of benzene rings is 2. The lowest BCUT2D eigenvalue weighted by Gasteiger charge is -2.13. The number of nitrogens with one attached hydrogen (secondary N) is 1. The molecular formula is C21H21NO4. The van der Waals surface area contributed by atoms with E-state index in [1.54, 1.807) is 30.5 Å². The fourth-order valence-corrected chi connectivity index (χ4v) is 2.48. The van der Waals surface area contributed by atoms with Crippen molar-refractivity contribution in [3.63, 3.8) is 0 Å². The third kappa shape index (κ3) is 5.41. The van der Waals surface area contributed by atoms with E-state index in [2.05, 4.69) is 5.32 Å². The molecule has 0 aliphatic carbocycles. The highest BCUT2D eigenvalue weighted by atomic mass is 16.5. The van der Waals surface area contributed by atoms with E-state index in [1.165, 1.54) is 0 Å². The van der Waals surface area contributed by atoms with Gasteiger partial charge in [-0.05, 0) is 55.5 Å². The van der Waals surface area contributed by atoms with E-state index in [-0.39, 0.29) is 18.6 Å². The Hall–Kier alpha value is -3.21. The molecule has 1 N–H and O–H groups in total. The largest absolute Gasteiger partial charge is 0.484 e. The lowest BCUT2D eigenvalue weighted by molar-refractivity contribution is -0.123. The van der Waals surface area contributed by atoms with Gasteiger partial charge in [0.05, 0.1) is 6.26 Å². The summed E-state index contributed by atoms with van der Waals surface area (Å²) in [6.45, 7) is 1.89. The summed E-state index contributed by atoms with van der Waals surface area (Å²) in [4.78, 5) is 12.0. The van der Waals surface area contributed by atoms with Crippen molar-refractivity contribution in [1.29, 1.82) is 0 Å². The van der Waals surface area contributed by atoms with Crippen LogP contribution in [-0.4, -0.2) is 18.6 Å². The topological polar surface area (TPSA) is 60.7 Å². The summed E-state index contributed by atoms with van der Waals surface area (Å²) in [7, 11) is 0. The van der Waals surface area contributed by atoms with E-state index in [1.807, 2.05) is 49.4 Å². The number of para-hydroxylation sites is 1. The minimum atomic E-state index is -0.173. The summed E-state index contributed by atoms with van der Waals surface area (Å²) >= 11 is 0. The van der Waals surface area contributed by atoms with Gasteiger partial charge in [-0.25, -0.2) is 0 Å². The average molecular weight is 351 g/mol. The highest BCUT2D eigenvalue weighted by Gasteiger charge is 2.10. The van der Waals surface area contributed by atoms with Gasteiger partial charge < -0.3 is 19.2 Å². The molecule has 0 bridgehead atoms. The standard InChI is InChI=1S/C21H21NO4/c1-16(14-20-8-5-13-24-20)22-21(23)15-25-17-9-11-19(12-10-17)26-18-6-3-2-4-7-18/h2-13,16H,14-15H2,1H3,(H,22,23). The van der Waals surface area contributed by atoms with Crippen molar-refractivity contribution in [2.75, 3.05) is 6.61 Å². The van der Waals surface area contributed by atoms with Gasteiger partial charge in [-0.15, -0.1) is 0 Å². The van der Waals surface area contributed by atoms with Crippen LogP contribution in [-0.2, 0) is 11.2 Å². The van der Waals surface area contributed by atoms with Crippen molar-refractivity contribution >= 4 is 5.91 Å². The number of rotatable bonds is 8. The van der Waals surface area contributed by atoms with Crippen LogP contribution < -0.4 is 14.8 Å². The zero-order chi connectivity index (χ0) is 18.2. The van der Waals surface area contributed by atoms with E-state index in [0.29, 0.717) is 17.9 Å². The fraction of sp³-hybridized carbons (Fsp3) is 0.190. The minimum Gasteiger partial charge on any atom is -0.484 e. The predicted octanol–water partition coefficient (Wildman–Crippen LogP) is 4.20. The van der Waals surface area contributed by atoms with Crippen LogP contribution in [0.1, 0.15) is 12.7 Å². The molecule has 5 nitrogen and oxygen atoms in total. The summed E-state index contributed by atoms with van der Waals surface area (Å²) < 4.78 is 16.5. The molecule has 1 heterocycles. The van der Waals surface area contributed by atoms with Gasteiger partial charge in [-0.3, -0.25) is 4.79 Å². The van der Waals surface area contributed by atoms with Crippen LogP contribution in [0.3, 0.4) is 0 Å². The van der Waals surface area contributed by atoms with Crippen molar-refractivity contribution in [1.82, 2.24) is 5.32 Å². The molecule has 0 spiro atoms. The Morgan fingerprint density at radius 1 is 0.962 bits per heavy atom. The van der Waals surface area contributed by atoms with E-state index in [4.69, 9.17) is 13.9 Å². The molecule has 1 unspecified atom stereocenters. The Bertz CT molecular complexity index is 798. The van der Waals surface area contributed by atoms with E-state index in [0.717, 1.165) is 11.5 Å². The molecule has 3 aromatic rings. The maximum Gasteiger partial charge on any atom is 0.258 e. The number of amides is 1. The first kappa shape index (κ1) is 17.6. The van der Waals surface area contributed by atoms with Crippen LogP contribution in [0.5, 0.6) is 17.2 Å². The van der Waals surface area contributed by atoms with Crippen molar-refractivity contribution in [2.45, 2.75) is 19.4 Å². The first-order chi connectivity index (χ1) is 12.7. The predicted molar refractivity (Wildman–Crippen MR) is 98.5 cm³/mol. The summed E-state index contributed by atoms with van der Waals surface area (Å²) in [5.74, 6) is 2.76. The number of carbonyl (C=O) groups excluding carboxylic acids is 1. The summed E-state index contributed by atoms with van der Waals surface area (Å²) in [6.07, 6.45) is 2.27. The second-order valence-corrected chi connectivity index (χ2v) is 5.93. The SMILES string of the molecule is CC(Cc1ccco1)NC(=O)COc1ccc(Oc2ccccc2)cc1. The highest BCUT2D eigenvalue weighted by molar-refractivity contribution is 5.77. The van der Waals surface area contributed by atoms with Crippen LogP contribution in [0, 0.1) is 0 Å². The number of hydrogen-bond donors (Lipinski definition) is 1. The molecule has 2 aromatic carbocycles. The maximum atomic E-state index is 12.0. The molecule has 0 radical (unpaired) electrons. The zero-order valence-corrected chi connectivity index (χ0v) is 14.6. The highest BCUT2D eigenvalue weighted by Crippen LogP contribution is 2.23. The van der Waals surface area contributed by atoms with Crippen LogP contribution >= 0.6 is 0 Å². The molecule has 5 heteroatoms.